The number of carbonyl (C=O) groups is 3. The van der Waals surface area contributed by atoms with Crippen molar-refractivity contribution in [2.24, 2.45) is 29.6 Å². The van der Waals surface area contributed by atoms with Gasteiger partial charge in [0.25, 0.3) is 5.91 Å². The Morgan fingerprint density at radius 1 is 0.957 bits per heavy atom. The van der Waals surface area contributed by atoms with Gasteiger partial charge >= 0.3 is 4.87 Å². The van der Waals surface area contributed by atoms with Gasteiger partial charge in [-0.3, -0.25) is 24.1 Å². The van der Waals surface area contributed by atoms with Crippen LogP contribution in [0.4, 0.5) is 11.4 Å². The number of thioether (sulfide) groups is 1. The molecule has 11 heteroatoms. The lowest BCUT2D eigenvalue weighted by Crippen LogP contribution is -2.42. The van der Waals surface area contributed by atoms with Crippen LogP contribution in [0.25, 0.3) is 0 Å². The Bertz CT molecular complexity index is 1920. The van der Waals surface area contributed by atoms with E-state index in [2.05, 4.69) is 10.3 Å². The number of aryl methyl sites for hydroxylation is 1. The Balaban J connectivity index is 1.08. The van der Waals surface area contributed by atoms with Crippen molar-refractivity contribution in [1.82, 2.24) is 4.98 Å². The van der Waals surface area contributed by atoms with E-state index in [-0.39, 0.29) is 64.0 Å². The summed E-state index contributed by atoms with van der Waals surface area (Å²) in [5.41, 5.74) is 3.34. The van der Waals surface area contributed by atoms with Crippen LogP contribution in [0.2, 0.25) is 0 Å². The van der Waals surface area contributed by atoms with Crippen molar-refractivity contribution in [3.63, 3.8) is 0 Å². The molecule has 46 heavy (non-hydrogen) atoms. The molecule has 1 saturated heterocycles. The minimum Gasteiger partial charge on any atom is -0.497 e. The lowest BCUT2D eigenvalue weighted by molar-refractivity contribution is -0.123. The van der Waals surface area contributed by atoms with E-state index in [0.717, 1.165) is 27.5 Å². The Hall–Kier alpha value is -4.35. The van der Waals surface area contributed by atoms with Crippen LogP contribution >= 0.6 is 23.1 Å². The molecule has 7 atom stereocenters. The molecule has 3 heterocycles. The average molecular weight is 654 g/mol. The Morgan fingerprint density at radius 2 is 1.70 bits per heavy atom. The summed E-state index contributed by atoms with van der Waals surface area (Å²) in [5.74, 6) is -0.172. The molecule has 234 valence electrons. The maximum Gasteiger partial charge on any atom is 0.305 e. The molecular formula is C35H31N3O6S2. The van der Waals surface area contributed by atoms with Crippen LogP contribution < -0.4 is 24.6 Å². The van der Waals surface area contributed by atoms with Gasteiger partial charge in [0.05, 0.1) is 29.7 Å². The van der Waals surface area contributed by atoms with Gasteiger partial charge < -0.3 is 19.8 Å². The Kier molecular flexibility index (Phi) is 7.06. The summed E-state index contributed by atoms with van der Waals surface area (Å²) >= 11 is 2.87. The molecule has 2 aliphatic heterocycles. The summed E-state index contributed by atoms with van der Waals surface area (Å²) in [6, 6.07) is 22.3. The predicted octanol–water partition coefficient (Wildman–Crippen LogP) is 5.45. The number of H-pyrrole nitrogens is 1. The predicted molar refractivity (Wildman–Crippen MR) is 176 cm³/mol. The highest BCUT2D eigenvalue weighted by atomic mass is 32.2. The number of methoxy groups -OCH3 is 1. The summed E-state index contributed by atoms with van der Waals surface area (Å²) in [4.78, 5) is 58.4. The van der Waals surface area contributed by atoms with Gasteiger partial charge in [0, 0.05) is 21.7 Å². The number of carbonyl (C=O) groups excluding carboxylic acids is 3. The van der Waals surface area contributed by atoms with Crippen LogP contribution in [0.5, 0.6) is 11.5 Å². The number of benzene rings is 3. The highest BCUT2D eigenvalue weighted by molar-refractivity contribution is 8.00. The molecule has 2 bridgehead atoms. The third-order valence-electron chi connectivity index (χ3n) is 9.98. The molecule has 2 N–H and O–H groups in total. The van der Waals surface area contributed by atoms with Gasteiger partial charge in [0.1, 0.15) is 11.5 Å². The summed E-state index contributed by atoms with van der Waals surface area (Å²) in [6.45, 7) is 1.83. The molecule has 3 fully saturated rings. The van der Waals surface area contributed by atoms with E-state index in [1.54, 1.807) is 43.1 Å². The molecule has 8 rings (SSSR count). The van der Waals surface area contributed by atoms with E-state index >= 15 is 0 Å². The number of hydrogen-bond acceptors (Lipinski definition) is 8. The quantitative estimate of drug-likeness (QED) is 0.255. The molecule has 6 unspecified atom stereocenters. The molecule has 4 aromatic rings. The highest BCUT2D eigenvalue weighted by Gasteiger charge is 2.69. The highest BCUT2D eigenvalue weighted by Crippen LogP contribution is 2.68. The number of rotatable bonds is 7. The number of nitrogens with zero attached hydrogens (tertiary/aromatic N) is 1. The molecule has 1 aromatic heterocycles. The van der Waals surface area contributed by atoms with Crippen molar-refractivity contribution >= 4 is 52.2 Å². The fourth-order valence-corrected chi connectivity index (χ4v) is 11.0. The van der Waals surface area contributed by atoms with Crippen LogP contribution in [0.3, 0.4) is 0 Å². The fraction of sp³-hybridized carbons (Fsp3) is 0.314. The minimum atomic E-state index is -0.397. The molecule has 2 aliphatic carbocycles. The Morgan fingerprint density at radius 3 is 2.43 bits per heavy atom. The van der Waals surface area contributed by atoms with Crippen LogP contribution in [0.15, 0.2) is 82.6 Å². The zero-order chi connectivity index (χ0) is 31.7. The van der Waals surface area contributed by atoms with E-state index < -0.39 is 5.92 Å². The lowest BCUT2D eigenvalue weighted by atomic mass is 9.68. The largest absolute Gasteiger partial charge is 0.497 e. The van der Waals surface area contributed by atoms with Gasteiger partial charge in [0.15, 0.2) is 6.61 Å². The number of nitrogens with one attached hydrogen (secondary N) is 2. The van der Waals surface area contributed by atoms with Crippen LogP contribution in [0.1, 0.15) is 28.3 Å². The summed E-state index contributed by atoms with van der Waals surface area (Å²) < 4.78 is 11.2. The smallest absolute Gasteiger partial charge is 0.305 e. The summed E-state index contributed by atoms with van der Waals surface area (Å²) in [7, 11) is 1.58. The third-order valence-corrected chi connectivity index (χ3v) is 12.6. The number of anilines is 2. The molecule has 2 saturated carbocycles. The number of hydrogen-bond donors (Lipinski definition) is 2. The lowest BCUT2D eigenvalue weighted by Gasteiger charge is -2.43. The van der Waals surface area contributed by atoms with Crippen molar-refractivity contribution in [3.8, 4) is 11.5 Å². The number of aromatic nitrogens is 1. The third kappa shape index (κ3) is 4.67. The first-order chi connectivity index (χ1) is 22.3. The minimum absolute atomic E-state index is 0.00703. The van der Waals surface area contributed by atoms with Gasteiger partial charge in [-0.25, -0.2) is 0 Å². The number of fused-ring (bicyclic) bond motifs is 9. The molecule has 0 radical (unpaired) electrons. The summed E-state index contributed by atoms with van der Waals surface area (Å²) in [6.07, 6.45) is 0.802. The van der Waals surface area contributed by atoms with Crippen molar-refractivity contribution in [3.05, 3.63) is 98.5 Å². The Labute approximate surface area is 273 Å². The number of aromatic amines is 1. The van der Waals surface area contributed by atoms with Crippen LogP contribution in [-0.2, 0) is 14.4 Å². The van der Waals surface area contributed by atoms with Crippen molar-refractivity contribution in [2.45, 2.75) is 29.5 Å². The standard InChI is InChI=1S/C35H31N3O6S2/c1-17-6-8-19(9-7-17)36-25(39)16-44-22-5-3-4-18(14-22)26-27-23-15-24(30(27)45-32-31(26)46-35(42)37-32)29-28(23)33(40)38(34(29)41)20-10-12-21(43-2)13-11-20/h3-14,23-24,26-30H,15-16H2,1-2H3,(H,36,39)(H,37,42)/t23?,24?,26-,27?,28?,29?,30?/m1/s1. The maximum absolute atomic E-state index is 14.0. The second kappa shape index (κ2) is 11.2. The van der Waals surface area contributed by atoms with Crippen LogP contribution in [-0.4, -0.2) is 41.7 Å². The second-order valence-electron chi connectivity index (χ2n) is 12.4. The maximum atomic E-state index is 14.0. The molecule has 3 aromatic carbocycles. The number of ether oxygens (including phenoxy) is 2. The molecule has 4 aliphatic rings. The number of amides is 3. The fourth-order valence-electron chi connectivity index (χ4n) is 8.16. The zero-order valence-electron chi connectivity index (χ0n) is 25.1. The van der Waals surface area contributed by atoms with Gasteiger partial charge in [-0.2, -0.15) is 0 Å². The van der Waals surface area contributed by atoms with E-state index in [4.69, 9.17) is 9.47 Å². The first kappa shape index (κ1) is 29.1. The topological polar surface area (TPSA) is 118 Å². The molecule has 3 amide bonds. The monoisotopic (exact) mass is 653 g/mol. The van der Waals surface area contributed by atoms with E-state index in [9.17, 15) is 19.2 Å². The SMILES string of the molecule is COc1ccc(N2C(=O)C3C4CC(C3C2=O)C2C4Sc3[nH]c(=O)sc3[C@@H]2c2cccc(OCC(=O)Nc3ccc(C)cc3)c2)cc1. The first-order valence-corrected chi connectivity index (χ1v) is 17.0. The van der Waals surface area contributed by atoms with Gasteiger partial charge in [0.2, 0.25) is 11.8 Å². The van der Waals surface area contributed by atoms with Crippen molar-refractivity contribution in [2.75, 3.05) is 23.9 Å². The normalized spacial score (nSPS) is 27.3. The zero-order valence-corrected chi connectivity index (χ0v) is 26.7. The number of imide groups is 1. The van der Waals surface area contributed by atoms with Gasteiger partial charge in [-0.15, -0.1) is 11.8 Å². The average Bonchev–Trinajstić information content (AvgIpc) is 3.80. The number of thiazole rings is 1. The molecule has 0 spiro atoms. The second-order valence-corrected chi connectivity index (χ2v) is 14.6. The molecular weight excluding hydrogens is 623 g/mol. The van der Waals surface area contributed by atoms with Crippen molar-refractivity contribution in [1.29, 1.82) is 0 Å². The van der Waals surface area contributed by atoms with Gasteiger partial charge in [-0.1, -0.05) is 41.2 Å². The van der Waals surface area contributed by atoms with Gasteiger partial charge in [-0.05, 0) is 85.2 Å². The van der Waals surface area contributed by atoms with E-state index in [1.807, 2.05) is 55.5 Å². The first-order valence-electron chi connectivity index (χ1n) is 15.3. The van der Waals surface area contributed by atoms with E-state index in [1.165, 1.54) is 16.2 Å². The summed E-state index contributed by atoms with van der Waals surface area (Å²) in [5, 5.41) is 3.78. The van der Waals surface area contributed by atoms with Crippen molar-refractivity contribution < 1.29 is 23.9 Å². The van der Waals surface area contributed by atoms with E-state index in [0.29, 0.717) is 22.9 Å². The van der Waals surface area contributed by atoms with Crippen LogP contribution in [0, 0.1) is 36.5 Å². The molecule has 9 nitrogen and oxygen atoms in total.